The van der Waals surface area contributed by atoms with Gasteiger partial charge in [-0.2, -0.15) is 0 Å². The first-order valence-corrected chi connectivity index (χ1v) is 17.7. The number of hydrogen-bond donors (Lipinski definition) is 6. The van der Waals surface area contributed by atoms with E-state index in [0.717, 1.165) is 129 Å². The number of amides is 4. The van der Waals surface area contributed by atoms with Crippen molar-refractivity contribution >= 4 is 29.5 Å². The van der Waals surface area contributed by atoms with Crippen LogP contribution < -0.4 is 31.9 Å². The molecule has 0 atom stereocenters. The highest BCUT2D eigenvalue weighted by molar-refractivity contribution is 5.86. The molecule has 2 aliphatic heterocycles. The summed E-state index contributed by atoms with van der Waals surface area (Å²) in [5.41, 5.74) is 0. The van der Waals surface area contributed by atoms with Crippen LogP contribution in [0.5, 0.6) is 0 Å². The summed E-state index contributed by atoms with van der Waals surface area (Å²) in [4.78, 5) is 47.9. The van der Waals surface area contributed by atoms with E-state index in [4.69, 9.17) is 0 Å². The quantitative estimate of drug-likeness (QED) is 0.250. The standard InChI is InChI=1S/C33H54N8O3/c42-31(38-25-9-1-21(2-10-25)29-34-17-18-35-29)23-5-13-27(14-6-23)40-33(44)41-28-15-7-24(8-16-28)32(43)39-26-11-3-22(4-12-26)30-36-19-20-37-30/h21-28H,1-20H2,(H,34,35)(H,36,37)(H,38,42)(H,39,43)(H2,40,41,44). The summed E-state index contributed by atoms with van der Waals surface area (Å²) in [7, 11) is 0. The Hall–Kier alpha value is -2.85. The van der Waals surface area contributed by atoms with Gasteiger partial charge in [0.2, 0.25) is 11.8 Å². The van der Waals surface area contributed by atoms with Crippen LogP contribution in [0.4, 0.5) is 4.79 Å². The van der Waals surface area contributed by atoms with Crippen LogP contribution in [0.3, 0.4) is 0 Å². The Balaban J connectivity index is 0.820. The zero-order valence-electron chi connectivity index (χ0n) is 26.4. The van der Waals surface area contributed by atoms with Gasteiger partial charge in [-0.3, -0.25) is 19.6 Å². The normalized spacial score (nSPS) is 35.7. The largest absolute Gasteiger partial charge is 0.372 e. The Morgan fingerprint density at radius 3 is 1.16 bits per heavy atom. The van der Waals surface area contributed by atoms with E-state index in [1.54, 1.807) is 0 Å². The van der Waals surface area contributed by atoms with Gasteiger partial charge in [-0.25, -0.2) is 4.79 Å². The zero-order valence-corrected chi connectivity index (χ0v) is 26.4. The van der Waals surface area contributed by atoms with Crippen LogP contribution in [0.25, 0.3) is 0 Å². The van der Waals surface area contributed by atoms with Crippen LogP contribution in [0.2, 0.25) is 0 Å². The van der Waals surface area contributed by atoms with Gasteiger partial charge < -0.3 is 31.9 Å². The lowest BCUT2D eigenvalue weighted by Gasteiger charge is -2.33. The Morgan fingerprint density at radius 2 is 0.818 bits per heavy atom. The van der Waals surface area contributed by atoms with E-state index in [2.05, 4.69) is 41.9 Å². The number of hydrogen-bond acceptors (Lipinski definition) is 7. The molecule has 0 unspecified atom stereocenters. The van der Waals surface area contributed by atoms with Crippen LogP contribution in [0.15, 0.2) is 9.98 Å². The van der Waals surface area contributed by atoms with Crippen molar-refractivity contribution in [3.8, 4) is 0 Å². The molecule has 0 bridgehead atoms. The molecule has 0 aromatic carbocycles. The fraction of sp³-hybridized carbons (Fsp3) is 0.848. The molecule has 4 saturated carbocycles. The van der Waals surface area contributed by atoms with Crippen molar-refractivity contribution in [3.63, 3.8) is 0 Å². The number of carbonyl (C=O) groups excluding carboxylic acids is 3. The number of carbonyl (C=O) groups is 3. The Kier molecular flexibility index (Phi) is 10.6. The van der Waals surface area contributed by atoms with E-state index in [1.165, 1.54) is 11.7 Å². The molecule has 6 aliphatic rings. The summed E-state index contributed by atoms with van der Waals surface area (Å²) in [6.07, 6.45) is 15.1. The molecule has 4 aliphatic carbocycles. The monoisotopic (exact) mass is 610 g/mol. The Labute approximate surface area is 262 Å². The average molecular weight is 611 g/mol. The maximum absolute atomic E-state index is 13.0. The van der Waals surface area contributed by atoms with Gasteiger partial charge in [0, 0.05) is 60.9 Å². The topological polar surface area (TPSA) is 148 Å². The average Bonchev–Trinajstić information content (AvgIpc) is 3.78. The van der Waals surface area contributed by atoms with E-state index in [1.807, 2.05) is 0 Å². The first kappa shape index (κ1) is 31.1. The first-order valence-electron chi connectivity index (χ1n) is 17.7. The molecule has 4 amide bonds. The van der Waals surface area contributed by atoms with Gasteiger partial charge in [0.1, 0.15) is 0 Å². The number of nitrogens with zero attached hydrogens (tertiary/aromatic N) is 2. The highest BCUT2D eigenvalue weighted by atomic mass is 16.2. The van der Waals surface area contributed by atoms with Crippen LogP contribution >= 0.6 is 0 Å². The summed E-state index contributed by atoms with van der Waals surface area (Å²) in [5.74, 6) is 3.89. The van der Waals surface area contributed by atoms with Crippen molar-refractivity contribution in [2.45, 2.75) is 127 Å². The predicted octanol–water partition coefficient (Wildman–Crippen LogP) is 2.76. The lowest BCUT2D eigenvalue weighted by molar-refractivity contribution is -0.127. The fourth-order valence-corrected chi connectivity index (χ4v) is 8.45. The highest BCUT2D eigenvalue weighted by Crippen LogP contribution is 2.30. The number of nitrogens with one attached hydrogen (secondary N) is 6. The molecule has 6 rings (SSSR count). The molecule has 6 N–H and O–H groups in total. The summed E-state index contributed by atoms with van der Waals surface area (Å²) in [6.45, 7) is 3.71. The number of rotatable bonds is 8. The molecular formula is C33H54N8O3. The zero-order chi connectivity index (χ0) is 30.3. The first-order chi connectivity index (χ1) is 21.5. The minimum absolute atomic E-state index is 0.0462. The van der Waals surface area contributed by atoms with E-state index in [0.29, 0.717) is 11.8 Å². The third-order valence-electron chi connectivity index (χ3n) is 11.2. The lowest BCUT2D eigenvalue weighted by Crippen LogP contribution is -2.50. The number of urea groups is 1. The second kappa shape index (κ2) is 15.0. The fourth-order valence-electron chi connectivity index (χ4n) is 8.45. The number of aliphatic imine (C=N–C) groups is 2. The van der Waals surface area contributed by atoms with E-state index >= 15 is 0 Å². The molecule has 11 heteroatoms. The molecule has 2 heterocycles. The SMILES string of the molecule is O=C(NC1CCC(C(=O)NC2CCC(C3=NCCN3)CC2)CC1)NC1CCC(C(=O)NC2CCC(C3=NCCN3)CC2)CC1. The summed E-state index contributed by atoms with van der Waals surface area (Å²) >= 11 is 0. The molecule has 44 heavy (non-hydrogen) atoms. The van der Waals surface area contributed by atoms with Crippen molar-refractivity contribution in [1.29, 1.82) is 0 Å². The third kappa shape index (κ3) is 8.24. The molecule has 0 aromatic heterocycles. The van der Waals surface area contributed by atoms with E-state index in [-0.39, 0.29) is 53.8 Å². The van der Waals surface area contributed by atoms with Crippen molar-refractivity contribution < 1.29 is 14.4 Å². The molecule has 244 valence electrons. The molecule has 0 saturated heterocycles. The van der Waals surface area contributed by atoms with Gasteiger partial charge in [0.25, 0.3) is 0 Å². The molecular weight excluding hydrogens is 556 g/mol. The maximum atomic E-state index is 13.0. The van der Waals surface area contributed by atoms with Crippen LogP contribution in [-0.4, -0.2) is 79.9 Å². The third-order valence-corrected chi connectivity index (χ3v) is 11.2. The summed E-state index contributed by atoms with van der Waals surface area (Å²) < 4.78 is 0. The Bertz CT molecular complexity index is 981. The second-order valence-electron chi connectivity index (χ2n) is 14.2. The molecule has 0 radical (unpaired) electrons. The van der Waals surface area contributed by atoms with Crippen LogP contribution in [0, 0.1) is 23.7 Å². The highest BCUT2D eigenvalue weighted by Gasteiger charge is 2.33. The van der Waals surface area contributed by atoms with Crippen molar-refractivity contribution in [2.75, 3.05) is 26.2 Å². The summed E-state index contributed by atoms with van der Waals surface area (Å²) in [5, 5.41) is 19.8. The van der Waals surface area contributed by atoms with Crippen LogP contribution in [0.1, 0.15) is 103 Å². The van der Waals surface area contributed by atoms with Crippen molar-refractivity contribution in [1.82, 2.24) is 31.9 Å². The van der Waals surface area contributed by atoms with Gasteiger partial charge in [0.15, 0.2) is 0 Å². The number of amidine groups is 2. The van der Waals surface area contributed by atoms with Crippen molar-refractivity contribution in [3.05, 3.63) is 0 Å². The van der Waals surface area contributed by atoms with Gasteiger partial charge in [-0.15, -0.1) is 0 Å². The van der Waals surface area contributed by atoms with E-state index < -0.39 is 0 Å². The van der Waals surface area contributed by atoms with E-state index in [9.17, 15) is 14.4 Å². The van der Waals surface area contributed by atoms with Gasteiger partial charge in [-0.1, -0.05) is 0 Å². The van der Waals surface area contributed by atoms with Gasteiger partial charge in [-0.05, 0) is 103 Å². The second-order valence-corrected chi connectivity index (χ2v) is 14.2. The predicted molar refractivity (Wildman–Crippen MR) is 172 cm³/mol. The minimum atomic E-state index is -0.109. The molecule has 0 aromatic rings. The maximum Gasteiger partial charge on any atom is 0.315 e. The van der Waals surface area contributed by atoms with Crippen LogP contribution in [-0.2, 0) is 9.59 Å². The Morgan fingerprint density at radius 1 is 0.477 bits per heavy atom. The van der Waals surface area contributed by atoms with Gasteiger partial charge >= 0.3 is 6.03 Å². The smallest absolute Gasteiger partial charge is 0.315 e. The lowest BCUT2D eigenvalue weighted by atomic mass is 9.83. The van der Waals surface area contributed by atoms with Crippen molar-refractivity contribution in [2.24, 2.45) is 33.7 Å². The molecule has 4 fully saturated rings. The molecule has 0 spiro atoms. The molecule has 11 nitrogen and oxygen atoms in total. The summed E-state index contributed by atoms with van der Waals surface area (Å²) in [6, 6.07) is 0.671. The minimum Gasteiger partial charge on any atom is -0.372 e. The van der Waals surface area contributed by atoms with Gasteiger partial charge in [0.05, 0.1) is 24.8 Å².